The number of halogens is 1. The molecule has 0 aromatic carbocycles. The molecule has 2 rings (SSSR count). The standard InChI is InChI=1S/C10H12BrNOS/c1-12(7-3-2-4-7)10(13)8-5-6-9(11)14-8/h5-7H,2-4H2,1H3. The molecule has 1 heterocycles. The second-order valence-electron chi connectivity index (χ2n) is 3.60. The van der Waals surface area contributed by atoms with Crippen LogP contribution >= 0.6 is 27.3 Å². The van der Waals surface area contributed by atoms with Gasteiger partial charge >= 0.3 is 0 Å². The van der Waals surface area contributed by atoms with Crippen molar-refractivity contribution in [2.45, 2.75) is 25.3 Å². The summed E-state index contributed by atoms with van der Waals surface area (Å²) in [5, 5.41) is 0. The fourth-order valence-electron chi connectivity index (χ4n) is 1.54. The Hall–Kier alpha value is -0.350. The number of amides is 1. The minimum atomic E-state index is 0.158. The van der Waals surface area contributed by atoms with Crippen LogP contribution in [-0.4, -0.2) is 23.9 Å². The molecule has 1 amide bonds. The first-order chi connectivity index (χ1) is 6.68. The number of hydrogen-bond acceptors (Lipinski definition) is 2. The summed E-state index contributed by atoms with van der Waals surface area (Å²) in [7, 11) is 1.90. The first-order valence-corrected chi connectivity index (χ1v) is 6.32. The van der Waals surface area contributed by atoms with Gasteiger partial charge in [0.2, 0.25) is 0 Å². The number of thiophene rings is 1. The molecule has 0 unspecified atom stereocenters. The molecular formula is C10H12BrNOS. The summed E-state index contributed by atoms with van der Waals surface area (Å²) in [6.07, 6.45) is 3.58. The third kappa shape index (κ3) is 1.86. The highest BCUT2D eigenvalue weighted by molar-refractivity contribution is 9.11. The minimum Gasteiger partial charge on any atom is -0.338 e. The molecule has 14 heavy (non-hydrogen) atoms. The van der Waals surface area contributed by atoms with Crippen LogP contribution in [0.5, 0.6) is 0 Å². The summed E-state index contributed by atoms with van der Waals surface area (Å²) in [4.78, 5) is 14.6. The van der Waals surface area contributed by atoms with E-state index in [2.05, 4.69) is 15.9 Å². The van der Waals surface area contributed by atoms with Crippen molar-refractivity contribution < 1.29 is 4.79 Å². The van der Waals surface area contributed by atoms with Crippen LogP contribution < -0.4 is 0 Å². The van der Waals surface area contributed by atoms with E-state index < -0.39 is 0 Å². The Balaban J connectivity index is 2.07. The van der Waals surface area contributed by atoms with Crippen LogP contribution in [0.1, 0.15) is 28.9 Å². The van der Waals surface area contributed by atoms with Crippen molar-refractivity contribution in [2.75, 3.05) is 7.05 Å². The molecule has 0 N–H and O–H groups in total. The van der Waals surface area contributed by atoms with Crippen LogP contribution in [0.2, 0.25) is 0 Å². The Morgan fingerprint density at radius 1 is 1.57 bits per heavy atom. The normalized spacial score (nSPS) is 16.4. The number of rotatable bonds is 2. The van der Waals surface area contributed by atoms with Gasteiger partial charge in [0.1, 0.15) is 0 Å². The van der Waals surface area contributed by atoms with Gasteiger partial charge < -0.3 is 4.90 Å². The molecule has 1 aromatic heterocycles. The fourth-order valence-corrected chi connectivity index (χ4v) is 2.91. The van der Waals surface area contributed by atoms with E-state index in [4.69, 9.17) is 0 Å². The van der Waals surface area contributed by atoms with Crippen molar-refractivity contribution in [3.63, 3.8) is 0 Å². The van der Waals surface area contributed by atoms with Gasteiger partial charge in [-0.25, -0.2) is 0 Å². The van der Waals surface area contributed by atoms with E-state index in [1.807, 2.05) is 24.1 Å². The molecular weight excluding hydrogens is 262 g/mol. The zero-order valence-electron chi connectivity index (χ0n) is 8.00. The lowest BCUT2D eigenvalue weighted by atomic mass is 9.92. The summed E-state index contributed by atoms with van der Waals surface area (Å²) in [5.74, 6) is 0.158. The highest BCUT2D eigenvalue weighted by Gasteiger charge is 2.26. The molecule has 0 aliphatic heterocycles. The minimum absolute atomic E-state index is 0.158. The maximum atomic E-state index is 11.9. The highest BCUT2D eigenvalue weighted by Crippen LogP contribution is 2.28. The number of nitrogens with zero attached hydrogens (tertiary/aromatic N) is 1. The van der Waals surface area contributed by atoms with Crippen LogP contribution in [0.15, 0.2) is 15.9 Å². The summed E-state index contributed by atoms with van der Waals surface area (Å²) >= 11 is 4.87. The van der Waals surface area contributed by atoms with Crippen LogP contribution in [0.3, 0.4) is 0 Å². The van der Waals surface area contributed by atoms with Gasteiger partial charge in [-0.15, -0.1) is 11.3 Å². The molecule has 0 atom stereocenters. The van der Waals surface area contributed by atoms with Crippen molar-refractivity contribution in [1.82, 2.24) is 4.90 Å². The average Bonchev–Trinajstić information content (AvgIpc) is 2.47. The van der Waals surface area contributed by atoms with Crippen molar-refractivity contribution in [3.05, 3.63) is 20.8 Å². The zero-order chi connectivity index (χ0) is 10.1. The molecule has 1 fully saturated rings. The van der Waals surface area contributed by atoms with Crippen molar-refractivity contribution >= 4 is 33.2 Å². The van der Waals surface area contributed by atoms with Gasteiger partial charge in [-0.05, 0) is 47.3 Å². The lowest BCUT2D eigenvalue weighted by molar-refractivity contribution is 0.0657. The molecule has 1 aliphatic carbocycles. The highest BCUT2D eigenvalue weighted by atomic mass is 79.9. The molecule has 0 radical (unpaired) electrons. The van der Waals surface area contributed by atoms with Gasteiger partial charge in [-0.3, -0.25) is 4.79 Å². The molecule has 4 heteroatoms. The lowest BCUT2D eigenvalue weighted by Gasteiger charge is -2.34. The molecule has 0 spiro atoms. The summed E-state index contributed by atoms with van der Waals surface area (Å²) in [5.41, 5.74) is 0. The molecule has 1 aromatic rings. The SMILES string of the molecule is CN(C(=O)c1ccc(Br)s1)C1CCC1. The second-order valence-corrected chi connectivity index (χ2v) is 6.07. The third-order valence-corrected chi connectivity index (χ3v) is 4.34. The molecule has 76 valence electrons. The molecule has 1 saturated carbocycles. The third-order valence-electron chi connectivity index (χ3n) is 2.73. The van der Waals surface area contributed by atoms with E-state index in [0.29, 0.717) is 6.04 Å². The maximum Gasteiger partial charge on any atom is 0.263 e. The van der Waals surface area contributed by atoms with E-state index in [1.165, 1.54) is 17.8 Å². The lowest BCUT2D eigenvalue weighted by Crippen LogP contribution is -2.40. The zero-order valence-corrected chi connectivity index (χ0v) is 10.4. The van der Waals surface area contributed by atoms with Gasteiger partial charge in [0.25, 0.3) is 5.91 Å². The van der Waals surface area contributed by atoms with Crippen LogP contribution in [0.25, 0.3) is 0 Å². The second kappa shape index (κ2) is 4.03. The largest absolute Gasteiger partial charge is 0.338 e. The number of carbonyl (C=O) groups is 1. The Morgan fingerprint density at radius 3 is 2.71 bits per heavy atom. The first kappa shape index (κ1) is 10.2. The predicted molar refractivity (Wildman–Crippen MR) is 61.8 cm³/mol. The van der Waals surface area contributed by atoms with Gasteiger partial charge in [0.15, 0.2) is 0 Å². The topological polar surface area (TPSA) is 20.3 Å². The molecule has 2 nitrogen and oxygen atoms in total. The molecule has 0 bridgehead atoms. The van der Waals surface area contributed by atoms with E-state index in [0.717, 1.165) is 21.5 Å². The van der Waals surface area contributed by atoms with E-state index in [-0.39, 0.29) is 5.91 Å². The Labute approximate surface area is 96.0 Å². The van der Waals surface area contributed by atoms with E-state index in [1.54, 1.807) is 0 Å². The van der Waals surface area contributed by atoms with E-state index in [9.17, 15) is 4.79 Å². The van der Waals surface area contributed by atoms with Gasteiger partial charge in [-0.1, -0.05) is 0 Å². The Morgan fingerprint density at radius 2 is 2.29 bits per heavy atom. The first-order valence-electron chi connectivity index (χ1n) is 4.71. The Bertz CT molecular complexity index is 346. The number of carbonyl (C=O) groups excluding carboxylic acids is 1. The smallest absolute Gasteiger partial charge is 0.263 e. The van der Waals surface area contributed by atoms with Gasteiger partial charge in [-0.2, -0.15) is 0 Å². The maximum absolute atomic E-state index is 11.9. The predicted octanol–water partition coefficient (Wildman–Crippen LogP) is 3.14. The summed E-state index contributed by atoms with van der Waals surface area (Å²) < 4.78 is 1.02. The molecule has 0 saturated heterocycles. The summed E-state index contributed by atoms with van der Waals surface area (Å²) in [6, 6.07) is 4.28. The summed E-state index contributed by atoms with van der Waals surface area (Å²) in [6.45, 7) is 0. The Kier molecular flexibility index (Phi) is 2.93. The molecule has 1 aliphatic rings. The monoisotopic (exact) mass is 273 g/mol. The van der Waals surface area contributed by atoms with Crippen molar-refractivity contribution in [1.29, 1.82) is 0 Å². The fraction of sp³-hybridized carbons (Fsp3) is 0.500. The quantitative estimate of drug-likeness (QED) is 0.811. The number of hydrogen-bond donors (Lipinski definition) is 0. The average molecular weight is 274 g/mol. The van der Waals surface area contributed by atoms with Crippen LogP contribution in [0.4, 0.5) is 0 Å². The van der Waals surface area contributed by atoms with Crippen molar-refractivity contribution in [2.24, 2.45) is 0 Å². The van der Waals surface area contributed by atoms with Gasteiger partial charge in [0, 0.05) is 13.1 Å². The van der Waals surface area contributed by atoms with Crippen LogP contribution in [0, 0.1) is 0 Å². The van der Waals surface area contributed by atoms with Gasteiger partial charge in [0.05, 0.1) is 8.66 Å². The van der Waals surface area contributed by atoms with E-state index >= 15 is 0 Å². The van der Waals surface area contributed by atoms with Crippen LogP contribution in [-0.2, 0) is 0 Å². The van der Waals surface area contributed by atoms with Crippen molar-refractivity contribution in [3.8, 4) is 0 Å².